The molecule has 2 rings (SSSR count). The number of nitrogens with zero attached hydrogens (tertiary/aromatic N) is 2. The SMILES string of the molecule is CC(C)Oc1ccc(C(=O)N(C)C(C)C2(C)CC2)cn1. The third kappa shape index (κ3) is 3.11. The lowest BCUT2D eigenvalue weighted by atomic mass is 9.99. The molecule has 1 fully saturated rings. The van der Waals surface area contributed by atoms with Crippen molar-refractivity contribution in [3.8, 4) is 5.88 Å². The zero-order chi connectivity index (χ0) is 14.9. The minimum absolute atomic E-state index is 0.0224. The normalized spacial score (nSPS) is 17.7. The van der Waals surface area contributed by atoms with E-state index in [1.807, 2.05) is 25.8 Å². The number of pyridine rings is 1. The molecule has 0 bridgehead atoms. The second-order valence-corrected chi connectivity index (χ2v) is 6.30. The van der Waals surface area contributed by atoms with Gasteiger partial charge in [0.25, 0.3) is 5.91 Å². The maximum Gasteiger partial charge on any atom is 0.255 e. The molecule has 0 radical (unpaired) electrons. The first-order valence-corrected chi connectivity index (χ1v) is 7.23. The van der Waals surface area contributed by atoms with E-state index in [9.17, 15) is 4.79 Å². The number of carbonyl (C=O) groups excluding carboxylic acids is 1. The Hall–Kier alpha value is -1.58. The Bertz CT molecular complexity index is 478. The fraction of sp³-hybridized carbons (Fsp3) is 0.625. The van der Waals surface area contributed by atoms with Gasteiger partial charge in [-0.05, 0) is 45.1 Å². The maximum absolute atomic E-state index is 12.4. The van der Waals surface area contributed by atoms with Crippen molar-refractivity contribution in [1.29, 1.82) is 0 Å². The van der Waals surface area contributed by atoms with E-state index in [0.717, 1.165) is 0 Å². The highest BCUT2D eigenvalue weighted by Crippen LogP contribution is 2.49. The quantitative estimate of drug-likeness (QED) is 0.829. The van der Waals surface area contributed by atoms with Gasteiger partial charge in [0.1, 0.15) is 0 Å². The monoisotopic (exact) mass is 276 g/mol. The fourth-order valence-corrected chi connectivity index (χ4v) is 2.28. The first-order valence-electron chi connectivity index (χ1n) is 7.23. The molecule has 4 heteroatoms. The van der Waals surface area contributed by atoms with E-state index < -0.39 is 0 Å². The van der Waals surface area contributed by atoms with E-state index in [1.54, 1.807) is 18.3 Å². The van der Waals surface area contributed by atoms with Crippen LogP contribution in [0.15, 0.2) is 18.3 Å². The smallest absolute Gasteiger partial charge is 0.255 e. The van der Waals surface area contributed by atoms with Crippen LogP contribution in [0.1, 0.15) is 50.9 Å². The zero-order valence-corrected chi connectivity index (χ0v) is 13.0. The lowest BCUT2D eigenvalue weighted by Gasteiger charge is -2.30. The maximum atomic E-state index is 12.4. The third-order valence-corrected chi connectivity index (χ3v) is 4.29. The van der Waals surface area contributed by atoms with Gasteiger partial charge in [-0.3, -0.25) is 4.79 Å². The highest BCUT2D eigenvalue weighted by atomic mass is 16.5. The number of aromatic nitrogens is 1. The van der Waals surface area contributed by atoms with Crippen LogP contribution in [0.2, 0.25) is 0 Å². The molecule has 4 nitrogen and oxygen atoms in total. The van der Waals surface area contributed by atoms with E-state index in [1.165, 1.54) is 12.8 Å². The van der Waals surface area contributed by atoms with Crippen LogP contribution in [0, 0.1) is 5.41 Å². The van der Waals surface area contributed by atoms with Crippen molar-refractivity contribution in [3.05, 3.63) is 23.9 Å². The van der Waals surface area contributed by atoms with Crippen molar-refractivity contribution in [2.75, 3.05) is 7.05 Å². The molecule has 0 spiro atoms. The summed E-state index contributed by atoms with van der Waals surface area (Å²) in [6, 6.07) is 3.79. The van der Waals surface area contributed by atoms with Crippen molar-refractivity contribution in [2.45, 2.75) is 52.7 Å². The molecule has 0 aliphatic heterocycles. The standard InChI is InChI=1S/C16H24N2O2/c1-11(2)20-14-7-6-13(10-17-14)15(19)18(5)12(3)16(4)8-9-16/h6-7,10-12H,8-9H2,1-5H3. The molecule has 0 aromatic carbocycles. The highest BCUT2D eigenvalue weighted by Gasteiger charge is 2.45. The van der Waals surface area contributed by atoms with Gasteiger partial charge >= 0.3 is 0 Å². The van der Waals surface area contributed by atoms with Crippen LogP contribution in [0.25, 0.3) is 0 Å². The third-order valence-electron chi connectivity index (χ3n) is 4.29. The van der Waals surface area contributed by atoms with Crippen LogP contribution in [0.3, 0.4) is 0 Å². The van der Waals surface area contributed by atoms with Gasteiger partial charge in [-0.25, -0.2) is 4.98 Å². The first-order chi connectivity index (χ1) is 9.33. The summed E-state index contributed by atoms with van der Waals surface area (Å²) in [4.78, 5) is 18.5. The minimum atomic E-state index is 0.0224. The number of hydrogen-bond donors (Lipinski definition) is 0. The summed E-state index contributed by atoms with van der Waals surface area (Å²) in [5, 5.41) is 0. The lowest BCUT2D eigenvalue weighted by molar-refractivity contribution is 0.0684. The lowest BCUT2D eigenvalue weighted by Crippen LogP contribution is -2.40. The number of ether oxygens (including phenoxy) is 1. The number of rotatable bonds is 5. The largest absolute Gasteiger partial charge is 0.475 e. The summed E-state index contributed by atoms with van der Waals surface area (Å²) in [7, 11) is 1.87. The average Bonchev–Trinajstić information content (AvgIpc) is 3.16. The second kappa shape index (κ2) is 5.43. The van der Waals surface area contributed by atoms with E-state index in [0.29, 0.717) is 16.9 Å². The van der Waals surface area contributed by atoms with Crippen LogP contribution < -0.4 is 4.74 Å². The summed E-state index contributed by atoms with van der Waals surface area (Å²) in [6.45, 7) is 8.26. The summed E-state index contributed by atoms with van der Waals surface area (Å²) < 4.78 is 5.49. The van der Waals surface area contributed by atoms with Gasteiger partial charge < -0.3 is 9.64 Å². The summed E-state index contributed by atoms with van der Waals surface area (Å²) in [5.41, 5.74) is 0.901. The zero-order valence-electron chi connectivity index (χ0n) is 13.0. The van der Waals surface area contributed by atoms with Gasteiger partial charge in [-0.15, -0.1) is 0 Å². The summed E-state index contributed by atoms with van der Waals surface area (Å²) in [6.07, 6.45) is 4.08. The molecule has 0 N–H and O–H groups in total. The summed E-state index contributed by atoms with van der Waals surface area (Å²) >= 11 is 0. The molecule has 1 aromatic rings. The van der Waals surface area contributed by atoms with Crippen LogP contribution in [-0.4, -0.2) is 35.0 Å². The molecule has 1 aliphatic rings. The van der Waals surface area contributed by atoms with E-state index >= 15 is 0 Å². The molecular weight excluding hydrogens is 252 g/mol. The topological polar surface area (TPSA) is 42.4 Å². The number of amides is 1. The number of hydrogen-bond acceptors (Lipinski definition) is 3. The highest BCUT2D eigenvalue weighted by molar-refractivity contribution is 5.94. The van der Waals surface area contributed by atoms with Crippen molar-refractivity contribution >= 4 is 5.91 Å². The van der Waals surface area contributed by atoms with Gasteiger partial charge in [0, 0.05) is 25.4 Å². The Balaban J connectivity index is 2.05. The first kappa shape index (κ1) is 14.8. The van der Waals surface area contributed by atoms with Crippen molar-refractivity contribution in [3.63, 3.8) is 0 Å². The molecular formula is C16H24N2O2. The predicted octanol–water partition coefficient (Wildman–Crippen LogP) is 3.13. The molecule has 1 unspecified atom stereocenters. The molecule has 0 saturated heterocycles. The van der Waals surface area contributed by atoms with E-state index in [-0.39, 0.29) is 18.1 Å². The van der Waals surface area contributed by atoms with Gasteiger partial charge in [0.05, 0.1) is 11.7 Å². The van der Waals surface area contributed by atoms with Crippen molar-refractivity contribution in [2.24, 2.45) is 5.41 Å². The molecule has 1 atom stereocenters. The molecule has 1 heterocycles. The van der Waals surface area contributed by atoms with Crippen LogP contribution >= 0.6 is 0 Å². The van der Waals surface area contributed by atoms with Crippen LogP contribution in [0.5, 0.6) is 5.88 Å². The van der Waals surface area contributed by atoms with Gasteiger partial charge in [-0.2, -0.15) is 0 Å². The van der Waals surface area contributed by atoms with Crippen molar-refractivity contribution < 1.29 is 9.53 Å². The Morgan fingerprint density at radius 2 is 2.00 bits per heavy atom. The van der Waals surface area contributed by atoms with Crippen molar-refractivity contribution in [1.82, 2.24) is 9.88 Å². The van der Waals surface area contributed by atoms with Gasteiger partial charge in [0.2, 0.25) is 5.88 Å². The van der Waals surface area contributed by atoms with Crippen LogP contribution in [0.4, 0.5) is 0 Å². The molecule has 1 aliphatic carbocycles. The summed E-state index contributed by atoms with van der Waals surface area (Å²) in [5.74, 6) is 0.579. The van der Waals surface area contributed by atoms with Gasteiger partial charge in [-0.1, -0.05) is 6.92 Å². The molecule has 1 aromatic heterocycles. The Morgan fingerprint density at radius 1 is 1.35 bits per heavy atom. The number of carbonyl (C=O) groups is 1. The Kier molecular flexibility index (Phi) is 4.02. The van der Waals surface area contributed by atoms with E-state index in [2.05, 4.69) is 18.8 Å². The average molecular weight is 276 g/mol. The molecule has 110 valence electrons. The predicted molar refractivity (Wildman–Crippen MR) is 78.9 cm³/mol. The molecule has 1 amide bonds. The van der Waals surface area contributed by atoms with Gasteiger partial charge in [0.15, 0.2) is 0 Å². The minimum Gasteiger partial charge on any atom is -0.475 e. The van der Waals surface area contributed by atoms with Crippen LogP contribution in [-0.2, 0) is 0 Å². The molecule has 20 heavy (non-hydrogen) atoms. The Morgan fingerprint density at radius 3 is 2.45 bits per heavy atom. The second-order valence-electron chi connectivity index (χ2n) is 6.30. The van der Waals surface area contributed by atoms with E-state index in [4.69, 9.17) is 4.74 Å². The molecule has 1 saturated carbocycles. The Labute approximate surface area is 121 Å². The fourth-order valence-electron chi connectivity index (χ4n) is 2.28.